The van der Waals surface area contributed by atoms with Crippen LogP contribution in [-0.4, -0.2) is 108 Å². The first-order valence-electron chi connectivity index (χ1n) is 21.8. The monoisotopic (exact) mass is 875 g/mol. The second kappa shape index (κ2) is 23.8. The van der Waals surface area contributed by atoms with Gasteiger partial charge in [0.05, 0.1) is 49.6 Å². The normalized spacial score (nSPS) is 23.1. The van der Waals surface area contributed by atoms with Crippen molar-refractivity contribution >= 4 is 23.4 Å². The van der Waals surface area contributed by atoms with Crippen LogP contribution in [0.2, 0.25) is 0 Å². The van der Waals surface area contributed by atoms with Gasteiger partial charge in [0.1, 0.15) is 37.4 Å². The fraction of sp³-hybridized carbons (Fsp3) is 0.521. The number of aliphatic hydroxyl groups excluding tert-OH is 3. The molecule has 6 rings (SSSR count). The quantitative estimate of drug-likeness (QED) is 0.0335. The van der Waals surface area contributed by atoms with Crippen molar-refractivity contribution in [1.82, 2.24) is 9.88 Å². The van der Waals surface area contributed by atoms with Crippen LogP contribution in [0.4, 0.5) is 4.79 Å². The van der Waals surface area contributed by atoms with Crippen molar-refractivity contribution < 1.29 is 48.6 Å². The molecular weight excluding hydrogens is 814 g/mol. The highest BCUT2D eigenvalue weighted by Gasteiger charge is 2.65. The van der Waals surface area contributed by atoms with E-state index in [4.69, 9.17) is 45.3 Å². The summed E-state index contributed by atoms with van der Waals surface area (Å²) in [5, 5.41) is 34.3. The maximum atomic E-state index is 14.3. The molecule has 1 saturated carbocycles. The molecule has 6 atom stereocenters. The van der Waals surface area contributed by atoms with Crippen LogP contribution < -0.4 is 9.47 Å². The van der Waals surface area contributed by atoms with Gasteiger partial charge in [-0.15, -0.1) is 18.2 Å². The third-order valence-electron chi connectivity index (χ3n) is 11.9. The summed E-state index contributed by atoms with van der Waals surface area (Å²) < 4.78 is 32.2. The number of ether oxygens (including phenoxy) is 5. The van der Waals surface area contributed by atoms with Gasteiger partial charge in [-0.2, -0.15) is 0 Å². The van der Waals surface area contributed by atoms with E-state index in [1.807, 2.05) is 67.6 Å². The molecule has 1 aliphatic heterocycles. The Morgan fingerprint density at radius 1 is 0.984 bits per heavy atom. The second-order valence-corrected chi connectivity index (χ2v) is 16.3. The van der Waals surface area contributed by atoms with E-state index in [1.165, 1.54) is 0 Å². The first-order valence-corrected chi connectivity index (χ1v) is 22.4. The Bertz CT molecular complexity index is 1950. The van der Waals surface area contributed by atoms with E-state index in [1.54, 1.807) is 11.0 Å². The van der Waals surface area contributed by atoms with Crippen molar-refractivity contribution in [3.05, 3.63) is 114 Å². The van der Waals surface area contributed by atoms with Gasteiger partial charge in [-0.05, 0) is 85.9 Å². The van der Waals surface area contributed by atoms with Gasteiger partial charge >= 0.3 is 6.09 Å². The molecule has 1 aromatic heterocycles. The summed E-state index contributed by atoms with van der Waals surface area (Å²) >= 11 is 6.05. The van der Waals surface area contributed by atoms with Gasteiger partial charge in [-0.25, -0.2) is 4.79 Å². The van der Waals surface area contributed by atoms with Crippen LogP contribution in [0.1, 0.15) is 73.4 Å². The lowest BCUT2D eigenvalue weighted by Gasteiger charge is -2.59. The third kappa shape index (κ3) is 11.5. The lowest BCUT2D eigenvalue weighted by atomic mass is 9.55. The van der Waals surface area contributed by atoms with Crippen LogP contribution in [0.25, 0.3) is 0 Å². The maximum Gasteiger partial charge on any atom is 0.410 e. The SMILES string of the molecule is C=CCO[C@@]12Oc3ccc(OCc4cccc(C)n4)cc3[C@H]3[C@H](CCCCO)[C@@H](CCCCO)C=C(C(=NOCc4ccccc4)C[C@@H]1N(CCOCCO)C(=O)OCCCl)[C@H]32. The Kier molecular flexibility index (Phi) is 18.0. The number of carbonyl (C=O) groups is 1. The molecule has 0 unspecified atom stereocenters. The number of benzene rings is 2. The number of aryl methyl sites for hydroxylation is 1. The van der Waals surface area contributed by atoms with Gasteiger partial charge in [0, 0.05) is 43.4 Å². The number of rotatable bonds is 25. The number of aromatic nitrogens is 1. The van der Waals surface area contributed by atoms with E-state index in [2.05, 4.69) is 23.7 Å². The van der Waals surface area contributed by atoms with Gasteiger partial charge in [0.25, 0.3) is 0 Å². The molecule has 336 valence electrons. The Labute approximate surface area is 370 Å². The van der Waals surface area contributed by atoms with E-state index in [-0.39, 0.29) is 96.1 Å². The summed E-state index contributed by atoms with van der Waals surface area (Å²) in [7, 11) is 0. The number of halogens is 1. The van der Waals surface area contributed by atoms with Gasteiger partial charge in [-0.1, -0.05) is 66.5 Å². The summed E-state index contributed by atoms with van der Waals surface area (Å²) in [5.74, 6) is -0.867. The summed E-state index contributed by atoms with van der Waals surface area (Å²) in [5.41, 5.74) is 5.14. The molecule has 1 fully saturated rings. The Hall–Kier alpha value is -4.50. The summed E-state index contributed by atoms with van der Waals surface area (Å²) in [6, 6.07) is 20.7. The molecule has 62 heavy (non-hydrogen) atoms. The van der Waals surface area contributed by atoms with E-state index >= 15 is 0 Å². The van der Waals surface area contributed by atoms with Crippen LogP contribution in [0.3, 0.4) is 0 Å². The standard InChI is InChI=1S/C48H62ClN3O10/c1-3-25-60-48-44(52(21-27-57-28-24-55)47(56)58-26-20-49)31-42(51-61-32-35-13-5-4-6-14-35)40-29-36(15-7-9-22-53)39(17-8-10-23-54)45(46(40)48)41-30-38(18-19-43(41)62-48)59-33-37-16-11-12-34(2)50-37/h3-6,11-14,16,18-19,29-30,36,39,44-46,53-55H,1,7-10,15,17,20-28,31-33H2,2H3/t36-,39+,44-,45+,46+,48+/m0/s1. The molecule has 13 nitrogen and oxygen atoms in total. The van der Waals surface area contributed by atoms with Crippen molar-refractivity contribution in [2.75, 3.05) is 58.7 Å². The smallest absolute Gasteiger partial charge is 0.410 e. The summed E-state index contributed by atoms with van der Waals surface area (Å²) in [4.78, 5) is 26.7. The van der Waals surface area contributed by atoms with Crippen molar-refractivity contribution in [3.63, 3.8) is 0 Å². The number of hydrogen-bond acceptors (Lipinski definition) is 12. The number of nitrogens with zero attached hydrogens (tertiary/aromatic N) is 3. The summed E-state index contributed by atoms with van der Waals surface area (Å²) in [6.45, 7) is 6.80. The molecule has 3 N–H and O–H groups in total. The zero-order valence-electron chi connectivity index (χ0n) is 35.7. The van der Waals surface area contributed by atoms with Gasteiger partial charge in [-0.3, -0.25) is 9.88 Å². The molecule has 0 radical (unpaired) electrons. The second-order valence-electron chi connectivity index (χ2n) is 15.9. The number of aliphatic hydroxyl groups is 3. The fourth-order valence-corrected chi connectivity index (χ4v) is 9.32. The predicted molar refractivity (Wildman–Crippen MR) is 236 cm³/mol. The third-order valence-corrected chi connectivity index (χ3v) is 12.0. The highest BCUT2D eigenvalue weighted by atomic mass is 35.5. The molecule has 0 bridgehead atoms. The Morgan fingerprint density at radius 3 is 2.53 bits per heavy atom. The van der Waals surface area contributed by atoms with Crippen LogP contribution in [0.15, 0.2) is 96.2 Å². The molecule has 0 saturated heterocycles. The molecule has 2 aliphatic carbocycles. The molecule has 3 aromatic rings. The van der Waals surface area contributed by atoms with E-state index in [9.17, 15) is 20.1 Å². The zero-order chi connectivity index (χ0) is 43.7. The number of pyridine rings is 1. The number of carbonyl (C=O) groups excluding carboxylic acids is 1. The van der Waals surface area contributed by atoms with Crippen LogP contribution in [-0.2, 0) is 32.3 Å². The van der Waals surface area contributed by atoms with Crippen molar-refractivity contribution in [2.45, 2.75) is 82.8 Å². The number of alkyl halides is 1. The highest BCUT2D eigenvalue weighted by molar-refractivity contribution is 6.18. The topological polar surface area (TPSA) is 162 Å². The van der Waals surface area contributed by atoms with Gasteiger partial charge < -0.3 is 43.8 Å². The molecule has 1 amide bonds. The summed E-state index contributed by atoms with van der Waals surface area (Å²) in [6.07, 6.45) is 7.99. The van der Waals surface area contributed by atoms with Gasteiger partial charge in [0.2, 0.25) is 5.79 Å². The van der Waals surface area contributed by atoms with E-state index < -0.39 is 23.8 Å². The Balaban J connectivity index is 1.55. The number of amides is 1. The Morgan fingerprint density at radius 2 is 1.79 bits per heavy atom. The first-order chi connectivity index (χ1) is 30.4. The van der Waals surface area contributed by atoms with Gasteiger partial charge in [0.15, 0.2) is 0 Å². The van der Waals surface area contributed by atoms with Crippen LogP contribution in [0, 0.1) is 24.7 Å². The van der Waals surface area contributed by atoms with E-state index in [0.29, 0.717) is 30.1 Å². The lowest BCUT2D eigenvalue weighted by Crippen LogP contribution is -2.70. The lowest BCUT2D eigenvalue weighted by molar-refractivity contribution is -0.256. The van der Waals surface area contributed by atoms with E-state index in [0.717, 1.165) is 53.8 Å². The minimum atomic E-state index is -1.49. The molecule has 2 heterocycles. The molecule has 0 spiro atoms. The van der Waals surface area contributed by atoms with Crippen LogP contribution >= 0.6 is 11.6 Å². The maximum absolute atomic E-state index is 14.3. The van der Waals surface area contributed by atoms with Crippen LogP contribution in [0.5, 0.6) is 11.5 Å². The molecule has 2 aromatic carbocycles. The minimum absolute atomic E-state index is 0.0202. The molecule has 14 heteroatoms. The average molecular weight is 876 g/mol. The number of fused-ring (bicyclic) bond motifs is 2. The average Bonchev–Trinajstić information content (AvgIpc) is 3.28. The molecule has 3 aliphatic rings. The van der Waals surface area contributed by atoms with Crippen molar-refractivity contribution in [2.24, 2.45) is 22.9 Å². The molecular formula is C48H62ClN3O10. The van der Waals surface area contributed by atoms with Crippen molar-refractivity contribution in [1.29, 1.82) is 0 Å². The highest BCUT2D eigenvalue weighted by Crippen LogP contribution is 2.62. The van der Waals surface area contributed by atoms with Crippen molar-refractivity contribution in [3.8, 4) is 11.5 Å². The number of unbranched alkanes of at least 4 members (excludes halogenated alkanes) is 2. The minimum Gasteiger partial charge on any atom is -0.487 e. The fourth-order valence-electron chi connectivity index (χ4n) is 9.25. The predicted octanol–water partition coefficient (Wildman–Crippen LogP) is 7.49. The number of hydrogen-bond donors (Lipinski definition) is 3. The largest absolute Gasteiger partial charge is 0.487 e. The number of allylic oxidation sites excluding steroid dienone is 1. The zero-order valence-corrected chi connectivity index (χ0v) is 36.5. The first kappa shape index (κ1) is 47.0. The number of oxime groups is 1.